The average Bonchev–Trinajstić information content (AvgIpc) is 3.32. The normalized spacial score (nSPS) is 19.2. The molecule has 28 heavy (non-hydrogen) atoms. The van der Waals surface area contributed by atoms with Crippen molar-refractivity contribution >= 4 is 5.91 Å². The van der Waals surface area contributed by atoms with Crippen LogP contribution >= 0.6 is 0 Å². The summed E-state index contributed by atoms with van der Waals surface area (Å²) in [6, 6.07) is 8.03. The molecular weight excluding hydrogens is 360 g/mol. The van der Waals surface area contributed by atoms with E-state index in [9.17, 15) is 4.79 Å². The highest BCUT2D eigenvalue weighted by molar-refractivity contribution is 5.75. The highest BCUT2D eigenvalue weighted by atomic mass is 16.5. The van der Waals surface area contributed by atoms with E-state index in [1.54, 1.807) is 9.58 Å². The van der Waals surface area contributed by atoms with Crippen LogP contribution < -0.4 is 4.74 Å². The number of benzene rings is 1. The van der Waals surface area contributed by atoms with Gasteiger partial charge in [-0.25, -0.2) is 4.68 Å². The van der Waals surface area contributed by atoms with E-state index in [-0.39, 0.29) is 12.0 Å². The topological polar surface area (TPSA) is 85.6 Å². The molecule has 0 radical (unpaired) electrons. The summed E-state index contributed by atoms with van der Waals surface area (Å²) in [4.78, 5) is 16.6. The minimum atomic E-state index is 0.0104. The standard InChI is InChI=1S/C19H26N6O3/c1-23(13-16-12-15-4-2-3-5-17(15)28-16)19(26)6-7-25-18(20-21-22-25)14-24-8-10-27-11-9-24/h2-5,16H,6-14H2,1H3/t16-/m0/s1. The number of fused-ring (bicyclic) bond motifs is 1. The summed E-state index contributed by atoms with van der Waals surface area (Å²) in [6.07, 6.45) is 1.21. The van der Waals surface area contributed by atoms with Crippen molar-refractivity contribution in [3.63, 3.8) is 0 Å². The van der Waals surface area contributed by atoms with Crippen molar-refractivity contribution in [3.05, 3.63) is 35.7 Å². The Bertz CT molecular complexity index is 779. The van der Waals surface area contributed by atoms with Gasteiger partial charge in [0, 0.05) is 33.0 Å². The zero-order valence-electron chi connectivity index (χ0n) is 16.2. The molecule has 1 aromatic heterocycles. The molecule has 0 unspecified atom stereocenters. The van der Waals surface area contributed by atoms with E-state index in [4.69, 9.17) is 9.47 Å². The van der Waals surface area contributed by atoms with Crippen LogP contribution in [0.2, 0.25) is 0 Å². The molecule has 3 heterocycles. The van der Waals surface area contributed by atoms with Gasteiger partial charge in [-0.05, 0) is 22.1 Å². The van der Waals surface area contributed by atoms with E-state index < -0.39 is 0 Å². The van der Waals surface area contributed by atoms with Gasteiger partial charge in [0.1, 0.15) is 11.9 Å². The lowest BCUT2D eigenvalue weighted by molar-refractivity contribution is -0.131. The quantitative estimate of drug-likeness (QED) is 0.679. The number of ether oxygens (including phenoxy) is 2. The van der Waals surface area contributed by atoms with Crippen molar-refractivity contribution in [1.82, 2.24) is 30.0 Å². The third-order valence-electron chi connectivity index (χ3n) is 5.23. The number of para-hydroxylation sites is 1. The maximum absolute atomic E-state index is 12.6. The molecule has 1 atom stereocenters. The van der Waals surface area contributed by atoms with Crippen molar-refractivity contribution in [1.29, 1.82) is 0 Å². The lowest BCUT2D eigenvalue weighted by atomic mass is 10.1. The maximum Gasteiger partial charge on any atom is 0.224 e. The number of nitrogens with zero attached hydrogens (tertiary/aromatic N) is 6. The van der Waals surface area contributed by atoms with Crippen LogP contribution in [0.15, 0.2) is 24.3 Å². The lowest BCUT2D eigenvalue weighted by Gasteiger charge is -2.25. The van der Waals surface area contributed by atoms with Gasteiger partial charge in [-0.1, -0.05) is 18.2 Å². The van der Waals surface area contributed by atoms with Crippen LogP contribution in [0.4, 0.5) is 0 Å². The number of morpholine rings is 1. The van der Waals surface area contributed by atoms with Crippen molar-refractivity contribution < 1.29 is 14.3 Å². The van der Waals surface area contributed by atoms with Gasteiger partial charge < -0.3 is 14.4 Å². The molecule has 1 amide bonds. The monoisotopic (exact) mass is 386 g/mol. The number of carbonyl (C=O) groups is 1. The van der Waals surface area contributed by atoms with Crippen LogP contribution in [-0.4, -0.2) is 81.9 Å². The molecule has 1 fully saturated rings. The van der Waals surface area contributed by atoms with Gasteiger partial charge in [0.15, 0.2) is 5.82 Å². The van der Waals surface area contributed by atoms with Crippen molar-refractivity contribution in [2.75, 3.05) is 39.9 Å². The highest BCUT2D eigenvalue weighted by Gasteiger charge is 2.25. The Morgan fingerprint density at radius 3 is 2.93 bits per heavy atom. The van der Waals surface area contributed by atoms with Gasteiger partial charge in [-0.2, -0.15) is 0 Å². The Labute approximate surface area is 164 Å². The van der Waals surface area contributed by atoms with Gasteiger partial charge in [-0.3, -0.25) is 9.69 Å². The molecular formula is C19H26N6O3. The maximum atomic E-state index is 12.6. The minimum Gasteiger partial charge on any atom is -0.488 e. The summed E-state index contributed by atoms with van der Waals surface area (Å²) in [7, 11) is 1.82. The first-order valence-electron chi connectivity index (χ1n) is 9.72. The summed E-state index contributed by atoms with van der Waals surface area (Å²) in [5.41, 5.74) is 1.20. The second-order valence-electron chi connectivity index (χ2n) is 7.28. The molecule has 0 saturated carbocycles. The summed E-state index contributed by atoms with van der Waals surface area (Å²) in [5.74, 6) is 1.77. The van der Waals surface area contributed by atoms with E-state index in [1.165, 1.54) is 5.56 Å². The fourth-order valence-corrected chi connectivity index (χ4v) is 3.62. The van der Waals surface area contributed by atoms with E-state index in [2.05, 4.69) is 26.5 Å². The number of tetrazole rings is 1. The second-order valence-corrected chi connectivity index (χ2v) is 7.28. The number of likely N-dealkylation sites (N-methyl/N-ethyl adjacent to an activating group) is 1. The molecule has 1 aromatic carbocycles. The largest absolute Gasteiger partial charge is 0.488 e. The molecule has 1 saturated heterocycles. The summed E-state index contributed by atoms with van der Waals surface area (Å²) >= 11 is 0. The fourth-order valence-electron chi connectivity index (χ4n) is 3.62. The van der Waals surface area contributed by atoms with Gasteiger partial charge in [0.05, 0.1) is 32.8 Å². The molecule has 9 heteroatoms. The molecule has 2 aliphatic heterocycles. The Balaban J connectivity index is 1.25. The molecule has 2 aromatic rings. The first-order chi connectivity index (χ1) is 13.7. The molecule has 150 valence electrons. The Morgan fingerprint density at radius 2 is 2.11 bits per heavy atom. The highest BCUT2D eigenvalue weighted by Crippen LogP contribution is 2.28. The second kappa shape index (κ2) is 8.66. The van der Waals surface area contributed by atoms with Crippen LogP contribution in [0.5, 0.6) is 5.75 Å². The summed E-state index contributed by atoms with van der Waals surface area (Å²) < 4.78 is 13.0. The number of aromatic nitrogens is 4. The van der Waals surface area contributed by atoms with E-state index in [0.29, 0.717) is 26.1 Å². The van der Waals surface area contributed by atoms with Gasteiger partial charge in [0.2, 0.25) is 5.91 Å². The molecule has 0 spiro atoms. The predicted molar refractivity (Wildman–Crippen MR) is 101 cm³/mol. The first-order valence-corrected chi connectivity index (χ1v) is 9.72. The molecule has 0 N–H and O–H groups in total. The Hall–Kier alpha value is -2.52. The first kappa shape index (κ1) is 18.8. The zero-order valence-corrected chi connectivity index (χ0v) is 16.2. The van der Waals surface area contributed by atoms with Crippen LogP contribution in [0.3, 0.4) is 0 Å². The smallest absolute Gasteiger partial charge is 0.224 e. The Morgan fingerprint density at radius 1 is 1.29 bits per heavy atom. The summed E-state index contributed by atoms with van der Waals surface area (Å²) in [6.45, 7) is 4.94. The molecule has 0 bridgehead atoms. The van der Waals surface area contributed by atoms with Crippen molar-refractivity contribution in [2.45, 2.75) is 32.0 Å². The number of amides is 1. The molecule has 0 aliphatic carbocycles. The predicted octanol–water partition coefficient (Wildman–Crippen LogP) is 0.358. The third-order valence-corrected chi connectivity index (χ3v) is 5.23. The van der Waals surface area contributed by atoms with Crippen LogP contribution in [-0.2, 0) is 29.0 Å². The van der Waals surface area contributed by atoms with Crippen molar-refractivity contribution in [2.24, 2.45) is 0 Å². The van der Waals surface area contributed by atoms with Gasteiger partial charge >= 0.3 is 0 Å². The van der Waals surface area contributed by atoms with Crippen molar-refractivity contribution in [3.8, 4) is 5.75 Å². The molecule has 9 nitrogen and oxygen atoms in total. The fraction of sp³-hybridized carbons (Fsp3) is 0.579. The van der Waals surface area contributed by atoms with Crippen LogP contribution in [0.25, 0.3) is 0 Å². The lowest BCUT2D eigenvalue weighted by Crippen LogP contribution is -2.37. The average molecular weight is 386 g/mol. The number of aryl methyl sites for hydroxylation is 1. The third kappa shape index (κ3) is 4.48. The Kier molecular flexibility index (Phi) is 5.82. The SMILES string of the molecule is CN(C[C@@H]1Cc2ccccc2O1)C(=O)CCn1nnnc1CN1CCOCC1. The van der Waals surface area contributed by atoms with Gasteiger partial charge in [0.25, 0.3) is 0 Å². The van der Waals surface area contributed by atoms with Crippen LogP contribution in [0.1, 0.15) is 17.8 Å². The number of hydrogen-bond acceptors (Lipinski definition) is 7. The molecule has 2 aliphatic rings. The number of hydrogen-bond donors (Lipinski definition) is 0. The molecule has 4 rings (SSSR count). The van der Waals surface area contributed by atoms with Gasteiger partial charge in [-0.15, -0.1) is 5.10 Å². The minimum absolute atomic E-state index is 0.0104. The summed E-state index contributed by atoms with van der Waals surface area (Å²) in [5, 5.41) is 11.9. The van der Waals surface area contributed by atoms with E-state index >= 15 is 0 Å². The van der Waals surface area contributed by atoms with E-state index in [0.717, 1.165) is 44.3 Å². The van der Waals surface area contributed by atoms with E-state index in [1.807, 2.05) is 25.2 Å². The number of carbonyl (C=O) groups excluding carboxylic acids is 1. The zero-order chi connectivity index (χ0) is 19.3. The van der Waals surface area contributed by atoms with Crippen LogP contribution in [0, 0.1) is 0 Å². The number of rotatable bonds is 7.